The molecule has 3 aromatic rings. The van der Waals surface area contributed by atoms with Crippen molar-refractivity contribution in [2.24, 2.45) is 0 Å². The van der Waals surface area contributed by atoms with Crippen molar-refractivity contribution >= 4 is 21.6 Å². The first-order valence-electron chi connectivity index (χ1n) is 8.23. The van der Waals surface area contributed by atoms with Crippen molar-refractivity contribution in [3.63, 3.8) is 0 Å². The minimum atomic E-state index is -3.88. The number of rotatable bonds is 7. The molecule has 1 unspecified atom stereocenters. The normalized spacial score (nSPS) is 12.4. The fraction of sp³-hybridized carbons (Fsp3) is 0.105. The van der Waals surface area contributed by atoms with Gasteiger partial charge in [0.1, 0.15) is 17.7 Å². The van der Waals surface area contributed by atoms with Crippen LogP contribution in [0.3, 0.4) is 0 Å². The van der Waals surface area contributed by atoms with Gasteiger partial charge >= 0.3 is 0 Å². The summed E-state index contributed by atoms with van der Waals surface area (Å²) in [5.41, 5.74) is 0.447. The molecule has 0 spiro atoms. The van der Waals surface area contributed by atoms with Crippen LogP contribution in [0.2, 0.25) is 0 Å². The lowest BCUT2D eigenvalue weighted by atomic mass is 10.2. The SMILES string of the molecule is O=C(NCC(O)c1ccco1)c1ccc(S(=O)(=O)Nc2ccc(F)cc2)cc1. The molecule has 0 saturated heterocycles. The van der Waals surface area contributed by atoms with Gasteiger partial charge in [-0.05, 0) is 60.7 Å². The fourth-order valence-electron chi connectivity index (χ4n) is 2.39. The molecule has 0 fully saturated rings. The largest absolute Gasteiger partial charge is 0.467 e. The third-order valence-electron chi connectivity index (χ3n) is 3.85. The minimum Gasteiger partial charge on any atom is -0.467 e. The van der Waals surface area contributed by atoms with Crippen molar-refractivity contribution < 1.29 is 27.1 Å². The summed E-state index contributed by atoms with van der Waals surface area (Å²) >= 11 is 0. The molecule has 0 bridgehead atoms. The smallest absolute Gasteiger partial charge is 0.261 e. The lowest BCUT2D eigenvalue weighted by Gasteiger charge is -2.11. The van der Waals surface area contributed by atoms with Crippen LogP contribution in [0.1, 0.15) is 22.2 Å². The first-order chi connectivity index (χ1) is 13.3. The van der Waals surface area contributed by atoms with Crippen molar-refractivity contribution in [1.29, 1.82) is 0 Å². The zero-order chi connectivity index (χ0) is 20.1. The third-order valence-corrected chi connectivity index (χ3v) is 5.25. The molecular weight excluding hydrogens is 387 g/mol. The molecule has 9 heteroatoms. The van der Waals surface area contributed by atoms with Crippen LogP contribution < -0.4 is 10.0 Å². The van der Waals surface area contributed by atoms with Gasteiger partial charge in [-0.1, -0.05) is 0 Å². The number of anilines is 1. The highest BCUT2D eigenvalue weighted by Gasteiger charge is 2.16. The van der Waals surface area contributed by atoms with Crippen LogP contribution in [0.4, 0.5) is 10.1 Å². The first-order valence-corrected chi connectivity index (χ1v) is 9.71. The topological polar surface area (TPSA) is 109 Å². The summed E-state index contributed by atoms with van der Waals surface area (Å²) in [5, 5.41) is 12.4. The number of carbonyl (C=O) groups is 1. The molecule has 3 N–H and O–H groups in total. The predicted octanol–water partition coefficient (Wildman–Crippen LogP) is 2.68. The molecule has 2 aromatic carbocycles. The number of hydrogen-bond acceptors (Lipinski definition) is 5. The zero-order valence-corrected chi connectivity index (χ0v) is 15.3. The highest BCUT2D eigenvalue weighted by molar-refractivity contribution is 7.92. The van der Waals surface area contributed by atoms with Gasteiger partial charge in [0.05, 0.1) is 17.7 Å². The Hall–Kier alpha value is -3.17. The minimum absolute atomic E-state index is 0.0519. The van der Waals surface area contributed by atoms with E-state index in [-0.39, 0.29) is 22.7 Å². The van der Waals surface area contributed by atoms with Gasteiger partial charge in [-0.25, -0.2) is 12.8 Å². The molecule has 7 nitrogen and oxygen atoms in total. The maximum absolute atomic E-state index is 12.9. The van der Waals surface area contributed by atoms with E-state index in [1.807, 2.05) is 0 Å². The van der Waals surface area contributed by atoms with Crippen LogP contribution in [0.5, 0.6) is 0 Å². The van der Waals surface area contributed by atoms with Crippen LogP contribution in [0.25, 0.3) is 0 Å². The van der Waals surface area contributed by atoms with Gasteiger partial charge in [0.15, 0.2) is 0 Å². The van der Waals surface area contributed by atoms with Crippen molar-refractivity contribution in [3.05, 3.63) is 84.1 Å². The van der Waals surface area contributed by atoms with E-state index in [1.54, 1.807) is 12.1 Å². The Morgan fingerprint density at radius 1 is 1.07 bits per heavy atom. The van der Waals surface area contributed by atoms with Crippen LogP contribution >= 0.6 is 0 Å². The number of aliphatic hydroxyl groups excluding tert-OH is 1. The number of furan rings is 1. The van der Waals surface area contributed by atoms with Crippen LogP contribution in [0, 0.1) is 5.82 Å². The number of benzene rings is 2. The standard InChI is InChI=1S/C19H17FN2O5S/c20-14-5-7-15(8-6-14)22-28(25,26)16-9-3-13(4-10-16)19(24)21-12-17(23)18-2-1-11-27-18/h1-11,17,22-23H,12H2,(H,21,24). The number of amides is 1. The third kappa shape index (κ3) is 4.76. The van der Waals surface area contributed by atoms with E-state index in [9.17, 15) is 22.7 Å². The molecule has 0 radical (unpaired) electrons. The molecule has 0 aliphatic heterocycles. The second-order valence-electron chi connectivity index (χ2n) is 5.88. The Kier molecular flexibility index (Phi) is 5.76. The Balaban J connectivity index is 1.63. The average Bonchev–Trinajstić information content (AvgIpc) is 3.22. The van der Waals surface area contributed by atoms with Crippen LogP contribution in [-0.2, 0) is 10.0 Å². The van der Waals surface area contributed by atoms with Gasteiger partial charge < -0.3 is 14.8 Å². The van der Waals surface area contributed by atoms with Gasteiger partial charge in [-0.15, -0.1) is 0 Å². The highest BCUT2D eigenvalue weighted by atomic mass is 32.2. The molecule has 146 valence electrons. The molecule has 28 heavy (non-hydrogen) atoms. The molecule has 1 atom stereocenters. The summed E-state index contributed by atoms with van der Waals surface area (Å²) in [6, 6.07) is 13.4. The summed E-state index contributed by atoms with van der Waals surface area (Å²) in [7, 11) is -3.88. The van der Waals surface area contributed by atoms with Crippen LogP contribution in [0.15, 0.2) is 76.2 Å². The first kappa shape index (κ1) is 19.6. The monoisotopic (exact) mass is 404 g/mol. The number of sulfonamides is 1. The molecule has 1 aromatic heterocycles. The Labute approximate surface area is 160 Å². The molecule has 0 saturated carbocycles. The van der Waals surface area contributed by atoms with Crippen molar-refractivity contribution in [2.45, 2.75) is 11.0 Å². The molecule has 0 aliphatic rings. The molecule has 3 rings (SSSR count). The van der Waals surface area contributed by atoms with E-state index in [0.29, 0.717) is 5.76 Å². The molecule has 1 heterocycles. The Bertz CT molecular complexity index is 1030. The summed E-state index contributed by atoms with van der Waals surface area (Å²) in [6.07, 6.45) is 0.429. The van der Waals surface area contributed by atoms with E-state index in [4.69, 9.17) is 4.42 Å². The molecular formula is C19H17FN2O5S. The van der Waals surface area contributed by atoms with Gasteiger partial charge in [0.25, 0.3) is 15.9 Å². The maximum atomic E-state index is 12.9. The summed E-state index contributed by atoms with van der Waals surface area (Å²) in [6.45, 7) is -0.0570. The van der Waals surface area contributed by atoms with Gasteiger partial charge in [-0.2, -0.15) is 0 Å². The summed E-state index contributed by atoms with van der Waals surface area (Å²) in [5.74, 6) is -0.620. The quantitative estimate of drug-likeness (QED) is 0.561. The number of carbonyl (C=O) groups excluding carboxylic acids is 1. The second kappa shape index (κ2) is 8.24. The zero-order valence-electron chi connectivity index (χ0n) is 14.5. The van der Waals surface area contributed by atoms with E-state index >= 15 is 0 Å². The Morgan fingerprint density at radius 2 is 1.75 bits per heavy atom. The van der Waals surface area contributed by atoms with Crippen molar-refractivity contribution in [3.8, 4) is 0 Å². The van der Waals surface area contributed by atoms with E-state index in [2.05, 4.69) is 10.0 Å². The summed E-state index contributed by atoms with van der Waals surface area (Å²) < 4.78 is 45.0. The lowest BCUT2D eigenvalue weighted by Crippen LogP contribution is -2.28. The van der Waals surface area contributed by atoms with E-state index in [0.717, 1.165) is 12.1 Å². The van der Waals surface area contributed by atoms with Gasteiger partial charge in [0.2, 0.25) is 0 Å². The Morgan fingerprint density at radius 3 is 2.36 bits per heavy atom. The number of hydrogen-bond donors (Lipinski definition) is 3. The predicted molar refractivity (Wildman–Crippen MR) is 99.7 cm³/mol. The van der Waals surface area contributed by atoms with E-state index < -0.39 is 27.9 Å². The maximum Gasteiger partial charge on any atom is 0.261 e. The van der Waals surface area contributed by atoms with Gasteiger partial charge in [-0.3, -0.25) is 9.52 Å². The average molecular weight is 404 g/mol. The number of halogens is 1. The molecule has 1 amide bonds. The number of aliphatic hydroxyl groups is 1. The van der Waals surface area contributed by atoms with E-state index in [1.165, 1.54) is 42.7 Å². The second-order valence-corrected chi connectivity index (χ2v) is 7.56. The van der Waals surface area contributed by atoms with Crippen LogP contribution in [-0.4, -0.2) is 26.0 Å². The van der Waals surface area contributed by atoms with Crippen molar-refractivity contribution in [2.75, 3.05) is 11.3 Å². The fourth-order valence-corrected chi connectivity index (χ4v) is 3.45. The summed E-state index contributed by atoms with van der Waals surface area (Å²) in [4.78, 5) is 12.1. The highest BCUT2D eigenvalue weighted by Crippen LogP contribution is 2.17. The van der Waals surface area contributed by atoms with Crippen molar-refractivity contribution in [1.82, 2.24) is 5.32 Å². The lowest BCUT2D eigenvalue weighted by molar-refractivity contribution is 0.0901. The van der Waals surface area contributed by atoms with Gasteiger partial charge in [0, 0.05) is 11.3 Å². The molecule has 0 aliphatic carbocycles. The number of nitrogens with one attached hydrogen (secondary N) is 2.